The van der Waals surface area contributed by atoms with E-state index in [4.69, 9.17) is 20.9 Å². The Morgan fingerprint density at radius 1 is 1.08 bits per heavy atom. The molecule has 4 aromatic rings. The number of nitrogens with zero attached hydrogens (tertiary/aromatic N) is 4. The van der Waals surface area contributed by atoms with Crippen LogP contribution in [-0.4, -0.2) is 46.5 Å². The molecule has 9 nitrogen and oxygen atoms in total. The topological polar surface area (TPSA) is 129 Å². The van der Waals surface area contributed by atoms with E-state index in [9.17, 15) is 4.79 Å². The molecular formula is C30H30N6O3. The lowest BCUT2D eigenvalue weighted by Gasteiger charge is -2.36. The van der Waals surface area contributed by atoms with Gasteiger partial charge in [0.2, 0.25) is 11.9 Å². The van der Waals surface area contributed by atoms with Crippen LogP contribution >= 0.6 is 0 Å². The Labute approximate surface area is 227 Å². The maximum Gasteiger partial charge on any atom is 0.247 e. The highest BCUT2D eigenvalue weighted by Crippen LogP contribution is 2.36. The van der Waals surface area contributed by atoms with Gasteiger partial charge in [0.15, 0.2) is 11.5 Å². The summed E-state index contributed by atoms with van der Waals surface area (Å²) in [5, 5.41) is 0. The number of nitrogen functional groups attached to an aromatic ring is 2. The van der Waals surface area contributed by atoms with Crippen molar-refractivity contribution in [3.8, 4) is 11.5 Å². The van der Waals surface area contributed by atoms with Crippen LogP contribution in [0.4, 0.5) is 11.8 Å². The van der Waals surface area contributed by atoms with Crippen molar-refractivity contribution in [1.82, 2.24) is 19.9 Å². The summed E-state index contributed by atoms with van der Waals surface area (Å²) in [7, 11) is 3.14. The molecule has 0 fully saturated rings. The second-order valence-corrected chi connectivity index (χ2v) is 9.21. The molecule has 1 amide bonds. The number of hydrogen-bond acceptors (Lipinski definition) is 8. The molecule has 198 valence electrons. The number of fused-ring (bicyclic) bond motifs is 1. The van der Waals surface area contributed by atoms with E-state index >= 15 is 0 Å². The Bertz CT molecular complexity index is 1520. The van der Waals surface area contributed by atoms with Crippen LogP contribution in [0.5, 0.6) is 11.5 Å². The van der Waals surface area contributed by atoms with E-state index in [2.05, 4.69) is 27.1 Å². The number of aromatic nitrogens is 3. The molecule has 1 aliphatic heterocycles. The maximum absolute atomic E-state index is 13.7. The van der Waals surface area contributed by atoms with Crippen LogP contribution in [0, 0.1) is 0 Å². The zero-order valence-electron chi connectivity index (χ0n) is 21.9. The molecule has 0 saturated heterocycles. The number of nitrogens with two attached hydrogens (primary N) is 2. The Balaban J connectivity index is 1.48. The van der Waals surface area contributed by atoms with Crippen molar-refractivity contribution in [3.63, 3.8) is 0 Å². The van der Waals surface area contributed by atoms with E-state index in [0.29, 0.717) is 35.8 Å². The monoisotopic (exact) mass is 522 g/mol. The molecule has 0 aliphatic carbocycles. The number of carbonyl (C=O) groups is 1. The molecular weight excluding hydrogens is 492 g/mol. The predicted octanol–water partition coefficient (Wildman–Crippen LogP) is 3.83. The van der Waals surface area contributed by atoms with Crippen LogP contribution in [0.3, 0.4) is 0 Å². The van der Waals surface area contributed by atoms with Crippen LogP contribution in [0.25, 0.3) is 6.08 Å². The minimum Gasteiger partial charge on any atom is -0.493 e. The molecule has 1 atom stereocenters. The highest BCUT2D eigenvalue weighted by Gasteiger charge is 2.31. The number of pyridine rings is 1. The van der Waals surface area contributed by atoms with Gasteiger partial charge < -0.3 is 25.8 Å². The van der Waals surface area contributed by atoms with E-state index in [1.165, 1.54) is 5.56 Å². The largest absolute Gasteiger partial charge is 0.493 e. The smallest absolute Gasteiger partial charge is 0.247 e. The third-order valence-electron chi connectivity index (χ3n) is 6.82. The molecule has 1 aliphatic rings. The van der Waals surface area contributed by atoms with Gasteiger partial charge in [0.05, 0.1) is 26.0 Å². The highest BCUT2D eigenvalue weighted by atomic mass is 16.5. The predicted molar refractivity (Wildman–Crippen MR) is 150 cm³/mol. The lowest BCUT2D eigenvalue weighted by atomic mass is 9.90. The van der Waals surface area contributed by atoms with Gasteiger partial charge in [-0.3, -0.25) is 9.78 Å². The van der Waals surface area contributed by atoms with Crippen molar-refractivity contribution >= 4 is 23.7 Å². The highest BCUT2D eigenvalue weighted by molar-refractivity contribution is 5.93. The summed E-state index contributed by atoms with van der Waals surface area (Å²) in [5.41, 5.74) is 17.2. The van der Waals surface area contributed by atoms with Gasteiger partial charge in [-0.25, -0.2) is 4.98 Å². The van der Waals surface area contributed by atoms with Crippen molar-refractivity contribution in [2.45, 2.75) is 18.9 Å². The molecule has 2 aromatic heterocycles. The standard InChI is InChI=1S/C30H30N6O3/c1-38-25-17-19(16-22-18-34-30(32)35-29(22)31)15-21(28(25)39-2)10-11-26(37)36-14-12-20-7-3-4-8-23(20)27(36)24-9-5-6-13-33-24/h3-11,13,15,17-18,27H,12,14,16H2,1-2H3,(H4,31,32,34,35). The number of methoxy groups -OCH3 is 2. The first kappa shape index (κ1) is 25.7. The number of hydrogen-bond donors (Lipinski definition) is 2. The molecule has 1 unspecified atom stereocenters. The van der Waals surface area contributed by atoms with Crippen molar-refractivity contribution in [1.29, 1.82) is 0 Å². The van der Waals surface area contributed by atoms with Gasteiger partial charge in [-0.1, -0.05) is 30.3 Å². The lowest BCUT2D eigenvalue weighted by molar-refractivity contribution is -0.128. The Morgan fingerprint density at radius 3 is 2.64 bits per heavy atom. The minimum absolute atomic E-state index is 0.120. The molecule has 0 saturated carbocycles. The van der Waals surface area contributed by atoms with Crippen molar-refractivity contribution in [2.24, 2.45) is 0 Å². The fourth-order valence-electron chi connectivity index (χ4n) is 4.99. The molecule has 39 heavy (non-hydrogen) atoms. The average Bonchev–Trinajstić information content (AvgIpc) is 2.96. The van der Waals surface area contributed by atoms with Gasteiger partial charge in [0.1, 0.15) is 5.82 Å². The fraction of sp³-hybridized carbons (Fsp3) is 0.200. The number of rotatable bonds is 7. The molecule has 0 spiro atoms. The molecule has 0 radical (unpaired) electrons. The summed E-state index contributed by atoms with van der Waals surface area (Å²) < 4.78 is 11.2. The van der Waals surface area contributed by atoms with Crippen LogP contribution in [-0.2, 0) is 17.6 Å². The van der Waals surface area contributed by atoms with E-state index in [-0.39, 0.29) is 17.9 Å². The van der Waals surface area contributed by atoms with Crippen LogP contribution in [0.1, 0.15) is 39.6 Å². The van der Waals surface area contributed by atoms with E-state index in [1.807, 2.05) is 47.4 Å². The summed E-state index contributed by atoms with van der Waals surface area (Å²) >= 11 is 0. The average molecular weight is 523 g/mol. The van der Waals surface area contributed by atoms with Crippen LogP contribution < -0.4 is 20.9 Å². The van der Waals surface area contributed by atoms with Crippen molar-refractivity contribution in [3.05, 3.63) is 107 Å². The van der Waals surface area contributed by atoms with Crippen LogP contribution in [0.15, 0.2) is 73.1 Å². The molecule has 9 heteroatoms. The number of ether oxygens (including phenoxy) is 2. The van der Waals surface area contributed by atoms with E-state index in [0.717, 1.165) is 28.8 Å². The Kier molecular flexibility index (Phi) is 7.40. The fourth-order valence-corrected chi connectivity index (χ4v) is 4.99. The van der Waals surface area contributed by atoms with E-state index < -0.39 is 0 Å². The quantitative estimate of drug-likeness (QED) is 0.350. The second kappa shape index (κ2) is 11.2. The zero-order chi connectivity index (χ0) is 27.4. The first-order valence-electron chi connectivity index (χ1n) is 12.6. The normalized spacial score (nSPS) is 14.7. The summed E-state index contributed by atoms with van der Waals surface area (Å²) in [4.78, 5) is 28.2. The second-order valence-electron chi connectivity index (χ2n) is 9.21. The number of amides is 1. The van der Waals surface area contributed by atoms with Gasteiger partial charge in [0.25, 0.3) is 0 Å². The molecule has 0 bridgehead atoms. The van der Waals surface area contributed by atoms with Gasteiger partial charge in [-0.15, -0.1) is 0 Å². The third kappa shape index (κ3) is 5.38. The summed E-state index contributed by atoms with van der Waals surface area (Å²) in [6, 6.07) is 17.5. The molecule has 4 N–H and O–H groups in total. The van der Waals surface area contributed by atoms with Crippen molar-refractivity contribution < 1.29 is 14.3 Å². The zero-order valence-corrected chi connectivity index (χ0v) is 21.9. The molecule has 2 aromatic carbocycles. The van der Waals surface area contributed by atoms with Gasteiger partial charge in [-0.05, 0) is 53.5 Å². The first-order valence-corrected chi connectivity index (χ1v) is 12.6. The first-order chi connectivity index (χ1) is 19.0. The Hall–Kier alpha value is -4.92. The number of carbonyl (C=O) groups excluding carboxylic acids is 1. The van der Waals surface area contributed by atoms with Gasteiger partial charge in [-0.2, -0.15) is 4.98 Å². The molecule has 3 heterocycles. The number of anilines is 2. The van der Waals surface area contributed by atoms with Gasteiger partial charge in [0, 0.05) is 42.6 Å². The summed E-state index contributed by atoms with van der Waals surface area (Å²) in [6.07, 6.45) is 7.92. The Morgan fingerprint density at radius 2 is 1.90 bits per heavy atom. The SMILES string of the molecule is COc1cc(Cc2cnc(N)nc2N)cc(C=CC(=O)N2CCc3ccccc3C2c2ccccn2)c1OC. The van der Waals surface area contributed by atoms with Crippen LogP contribution in [0.2, 0.25) is 0 Å². The summed E-state index contributed by atoms with van der Waals surface area (Å²) in [5.74, 6) is 1.38. The third-order valence-corrected chi connectivity index (χ3v) is 6.82. The number of benzene rings is 2. The molecule has 5 rings (SSSR count). The van der Waals surface area contributed by atoms with E-state index in [1.54, 1.807) is 38.8 Å². The van der Waals surface area contributed by atoms with Gasteiger partial charge >= 0.3 is 0 Å². The maximum atomic E-state index is 13.7. The lowest BCUT2D eigenvalue weighted by Crippen LogP contribution is -2.40. The summed E-state index contributed by atoms with van der Waals surface area (Å²) in [6.45, 7) is 0.582. The van der Waals surface area contributed by atoms with Crippen molar-refractivity contribution in [2.75, 3.05) is 32.2 Å². The minimum atomic E-state index is -0.274.